The van der Waals surface area contributed by atoms with Crippen LogP contribution < -0.4 is 19.5 Å². The van der Waals surface area contributed by atoms with Gasteiger partial charge in [0.2, 0.25) is 5.91 Å². The molecule has 4 aromatic rings. The summed E-state index contributed by atoms with van der Waals surface area (Å²) in [6, 6.07) is 14.3. The second kappa shape index (κ2) is 12.5. The Bertz CT molecular complexity index is 1640. The van der Waals surface area contributed by atoms with E-state index in [1.807, 2.05) is 0 Å². The van der Waals surface area contributed by atoms with Crippen LogP contribution in [0.1, 0.15) is 23.2 Å². The van der Waals surface area contributed by atoms with Gasteiger partial charge in [-0.05, 0) is 42.5 Å². The molecule has 1 aliphatic rings. The molecular weight excluding hydrogens is 543 g/mol. The van der Waals surface area contributed by atoms with Gasteiger partial charge in [-0.2, -0.15) is 0 Å². The second-order valence-electron chi connectivity index (χ2n) is 9.48. The summed E-state index contributed by atoms with van der Waals surface area (Å²) in [7, 11) is 2.84. The van der Waals surface area contributed by atoms with Crippen molar-refractivity contribution in [3.8, 4) is 23.0 Å². The molecule has 0 saturated carbocycles. The summed E-state index contributed by atoms with van der Waals surface area (Å²) in [6.07, 6.45) is 3.88. The van der Waals surface area contributed by atoms with Crippen LogP contribution in [0, 0.1) is 5.82 Å². The van der Waals surface area contributed by atoms with E-state index in [-0.39, 0.29) is 23.4 Å². The van der Waals surface area contributed by atoms with Gasteiger partial charge in [0.05, 0.1) is 31.0 Å². The molecule has 1 N–H and O–H groups in total. The highest BCUT2D eigenvalue weighted by atomic mass is 19.1. The Morgan fingerprint density at radius 1 is 1.02 bits per heavy atom. The van der Waals surface area contributed by atoms with Gasteiger partial charge in [0.1, 0.15) is 35.6 Å². The summed E-state index contributed by atoms with van der Waals surface area (Å²) >= 11 is 0. The molecule has 1 aromatic heterocycles. The number of nitrogens with zero attached hydrogens (tertiary/aromatic N) is 3. The number of anilines is 2. The molecule has 10 nitrogen and oxygen atoms in total. The fourth-order valence-corrected chi connectivity index (χ4v) is 4.65. The van der Waals surface area contributed by atoms with E-state index < -0.39 is 11.8 Å². The van der Waals surface area contributed by atoms with Crippen LogP contribution in [0.3, 0.4) is 0 Å². The van der Waals surface area contributed by atoms with E-state index in [9.17, 15) is 9.59 Å². The first kappa shape index (κ1) is 28.3. The number of ether oxygens (including phenoxy) is 4. The highest BCUT2D eigenvalue weighted by Crippen LogP contribution is 2.37. The lowest BCUT2D eigenvalue weighted by Crippen LogP contribution is -2.41. The number of methoxy groups -OCH3 is 2. The van der Waals surface area contributed by atoms with Gasteiger partial charge < -0.3 is 29.2 Å². The maximum atomic E-state index is 15.2. The van der Waals surface area contributed by atoms with Crippen LogP contribution in [0.2, 0.25) is 0 Å². The van der Waals surface area contributed by atoms with Gasteiger partial charge in [-0.1, -0.05) is 12.6 Å². The predicted octanol–water partition coefficient (Wildman–Crippen LogP) is 5.66. The fraction of sp³-hybridized carbons (Fsp3) is 0.226. The molecule has 1 saturated heterocycles. The van der Waals surface area contributed by atoms with Crippen LogP contribution in [-0.4, -0.2) is 60.2 Å². The first-order valence-electron chi connectivity index (χ1n) is 13.2. The quantitative estimate of drug-likeness (QED) is 0.201. The molecule has 0 atom stereocenters. The Labute approximate surface area is 241 Å². The van der Waals surface area contributed by atoms with Crippen molar-refractivity contribution in [2.45, 2.75) is 18.9 Å². The predicted molar refractivity (Wildman–Crippen MR) is 154 cm³/mol. The first-order valence-corrected chi connectivity index (χ1v) is 13.2. The van der Waals surface area contributed by atoms with Crippen molar-refractivity contribution in [2.75, 3.05) is 32.6 Å². The second-order valence-corrected chi connectivity index (χ2v) is 9.48. The van der Waals surface area contributed by atoms with Crippen LogP contribution >= 0.6 is 0 Å². The fourth-order valence-electron chi connectivity index (χ4n) is 4.65. The number of amides is 1. The van der Waals surface area contributed by atoms with E-state index in [1.54, 1.807) is 48.4 Å². The highest BCUT2D eigenvalue weighted by Gasteiger charge is 2.24. The third kappa shape index (κ3) is 6.25. The normalized spacial score (nSPS) is 13.4. The number of rotatable bonds is 9. The zero-order valence-electron chi connectivity index (χ0n) is 23.1. The van der Waals surface area contributed by atoms with Crippen molar-refractivity contribution in [2.24, 2.45) is 0 Å². The molecular formula is C31H29FN4O6. The van der Waals surface area contributed by atoms with Crippen molar-refractivity contribution in [3.05, 3.63) is 85.0 Å². The standard InChI is InChI=1S/C31H29FN4O6/c1-4-29(37)36-12-10-20(11-13-36)42-28-16-23-26(17-27(28)39-2)33-18-34-30(23)35-25-9-8-22(15-24(25)32)41-21-7-5-6-19(14-21)31(38)40-3/h4-9,14-18,20H,1,10-13H2,2-3H3,(H,33,34,35). The van der Waals surface area contributed by atoms with Gasteiger partial charge in [-0.15, -0.1) is 0 Å². The van der Waals surface area contributed by atoms with Crippen molar-refractivity contribution in [1.29, 1.82) is 0 Å². The Morgan fingerprint density at radius 3 is 2.52 bits per heavy atom. The number of likely N-dealkylation sites (tertiary alicyclic amines) is 1. The summed E-state index contributed by atoms with van der Waals surface area (Å²) in [6.45, 7) is 4.68. The molecule has 0 aliphatic carbocycles. The Kier molecular flexibility index (Phi) is 8.47. The molecule has 1 amide bonds. The largest absolute Gasteiger partial charge is 0.493 e. The Morgan fingerprint density at radius 2 is 1.81 bits per heavy atom. The number of halogens is 1. The SMILES string of the molecule is C=CC(=O)N1CCC(Oc2cc3c(Nc4ccc(Oc5cccc(C(=O)OC)c5)cc4F)ncnc3cc2OC)CC1. The lowest BCUT2D eigenvalue weighted by molar-refractivity contribution is -0.127. The Hall–Kier alpha value is -5.19. The third-order valence-corrected chi connectivity index (χ3v) is 6.83. The molecule has 0 radical (unpaired) electrons. The lowest BCUT2D eigenvalue weighted by atomic mass is 10.1. The molecule has 5 rings (SSSR count). The van der Waals surface area contributed by atoms with Gasteiger partial charge in [-0.25, -0.2) is 19.2 Å². The van der Waals surface area contributed by atoms with Gasteiger partial charge in [0, 0.05) is 43.5 Å². The van der Waals surface area contributed by atoms with Gasteiger partial charge in [0.25, 0.3) is 0 Å². The summed E-state index contributed by atoms with van der Waals surface area (Å²) in [4.78, 5) is 34.1. The average molecular weight is 573 g/mol. The number of esters is 1. The lowest BCUT2D eigenvalue weighted by Gasteiger charge is -2.31. The topological polar surface area (TPSA) is 112 Å². The minimum absolute atomic E-state index is 0.0933. The van der Waals surface area contributed by atoms with Crippen LogP contribution in [0.15, 0.2) is 73.6 Å². The monoisotopic (exact) mass is 572 g/mol. The third-order valence-electron chi connectivity index (χ3n) is 6.83. The summed E-state index contributed by atoms with van der Waals surface area (Å²) < 4.78 is 37.5. The molecule has 0 unspecified atom stereocenters. The van der Waals surface area contributed by atoms with Gasteiger partial charge in [0.15, 0.2) is 11.5 Å². The highest BCUT2D eigenvalue weighted by molar-refractivity contribution is 5.93. The number of hydrogen-bond donors (Lipinski definition) is 1. The minimum Gasteiger partial charge on any atom is -0.493 e. The Balaban J connectivity index is 1.35. The van der Waals surface area contributed by atoms with Crippen LogP contribution in [0.5, 0.6) is 23.0 Å². The van der Waals surface area contributed by atoms with E-state index in [1.165, 1.54) is 37.7 Å². The average Bonchev–Trinajstić information content (AvgIpc) is 3.02. The molecule has 2 heterocycles. The smallest absolute Gasteiger partial charge is 0.337 e. The van der Waals surface area contributed by atoms with Crippen molar-refractivity contribution >= 4 is 34.3 Å². The number of piperidine rings is 1. The number of benzene rings is 3. The molecule has 42 heavy (non-hydrogen) atoms. The summed E-state index contributed by atoms with van der Waals surface area (Å²) in [5.41, 5.74) is 1.06. The zero-order chi connectivity index (χ0) is 29.6. The number of nitrogens with one attached hydrogen (secondary N) is 1. The van der Waals surface area contributed by atoms with Crippen molar-refractivity contribution < 1.29 is 32.9 Å². The maximum Gasteiger partial charge on any atom is 0.337 e. The number of fused-ring (bicyclic) bond motifs is 1. The van der Waals surface area contributed by atoms with Crippen LogP contribution in [0.4, 0.5) is 15.9 Å². The first-order chi connectivity index (χ1) is 20.4. The van der Waals surface area contributed by atoms with Crippen molar-refractivity contribution in [1.82, 2.24) is 14.9 Å². The number of carbonyl (C=O) groups is 2. The van der Waals surface area contributed by atoms with E-state index in [4.69, 9.17) is 18.9 Å². The van der Waals surface area contributed by atoms with E-state index in [0.717, 1.165) is 0 Å². The molecule has 3 aromatic carbocycles. The molecule has 1 fully saturated rings. The van der Waals surface area contributed by atoms with E-state index in [0.29, 0.717) is 65.5 Å². The number of hydrogen-bond acceptors (Lipinski definition) is 9. The van der Waals surface area contributed by atoms with Crippen LogP contribution in [0.25, 0.3) is 10.9 Å². The van der Waals surface area contributed by atoms with Gasteiger partial charge >= 0.3 is 5.97 Å². The molecule has 1 aliphatic heterocycles. The maximum absolute atomic E-state index is 15.2. The zero-order valence-corrected chi connectivity index (χ0v) is 23.1. The molecule has 11 heteroatoms. The molecule has 0 bridgehead atoms. The van der Waals surface area contributed by atoms with Gasteiger partial charge in [-0.3, -0.25) is 4.79 Å². The molecule has 0 spiro atoms. The van der Waals surface area contributed by atoms with Crippen molar-refractivity contribution in [3.63, 3.8) is 0 Å². The van der Waals surface area contributed by atoms with E-state index >= 15 is 4.39 Å². The van der Waals surface area contributed by atoms with E-state index in [2.05, 4.69) is 21.9 Å². The number of carbonyl (C=O) groups excluding carboxylic acids is 2. The minimum atomic E-state index is -0.575. The number of aromatic nitrogens is 2. The summed E-state index contributed by atoms with van der Waals surface area (Å²) in [5.74, 6) is 0.805. The summed E-state index contributed by atoms with van der Waals surface area (Å²) in [5, 5.41) is 3.64. The molecule has 216 valence electrons. The van der Waals surface area contributed by atoms with Crippen LogP contribution in [-0.2, 0) is 9.53 Å².